The zero-order valence-corrected chi connectivity index (χ0v) is 21.9. The van der Waals surface area contributed by atoms with Gasteiger partial charge in [-0.15, -0.1) is 11.8 Å². The van der Waals surface area contributed by atoms with E-state index in [9.17, 15) is 19.6 Å². The molecule has 1 aromatic rings. The highest BCUT2D eigenvalue weighted by Crippen LogP contribution is 2.33. The van der Waals surface area contributed by atoms with E-state index in [0.29, 0.717) is 36.9 Å². The molecular formula is C26H41N3O4S. The standard InChI is InChI=1S/C26H41N3O4S/c1-5-6-12-22(17-29(33)19-30)24(31)27-23(25(32)28-15-13-20(2)14-16-28)26(3,4)34-18-21-10-8-7-9-11-21/h7-11,19-20,22-23,33H,5-6,12-18H2,1-4H3,(H,27,31)/t22-,23?/m1/s1. The highest BCUT2D eigenvalue weighted by Gasteiger charge is 2.41. The van der Waals surface area contributed by atoms with Gasteiger partial charge in [-0.25, -0.2) is 5.06 Å². The number of piperidine rings is 1. The molecule has 1 saturated heterocycles. The first kappa shape index (κ1) is 28.2. The molecule has 0 spiro atoms. The quantitative estimate of drug-likeness (QED) is 0.246. The first-order chi connectivity index (χ1) is 16.2. The van der Waals surface area contributed by atoms with Gasteiger partial charge in [-0.3, -0.25) is 19.6 Å². The van der Waals surface area contributed by atoms with Crippen LogP contribution in [-0.4, -0.2) is 63.8 Å². The molecule has 2 N–H and O–H groups in total. The van der Waals surface area contributed by atoms with Crippen molar-refractivity contribution in [3.63, 3.8) is 0 Å². The number of carbonyl (C=O) groups excluding carboxylic acids is 3. The van der Waals surface area contributed by atoms with E-state index in [-0.39, 0.29) is 18.4 Å². The highest BCUT2D eigenvalue weighted by atomic mass is 32.2. The van der Waals surface area contributed by atoms with E-state index in [1.807, 2.05) is 43.9 Å². The Morgan fingerprint density at radius 2 is 1.91 bits per heavy atom. The molecule has 0 radical (unpaired) electrons. The SMILES string of the molecule is CCCC[C@H](CN(O)C=O)C(=O)NC(C(=O)N1CCC(C)CC1)C(C)(C)SCc1ccccc1. The molecule has 0 bridgehead atoms. The summed E-state index contributed by atoms with van der Waals surface area (Å²) in [5.74, 6) is 0.374. The number of carbonyl (C=O) groups is 3. The normalized spacial score (nSPS) is 16.6. The fourth-order valence-electron chi connectivity index (χ4n) is 4.16. The van der Waals surface area contributed by atoms with Gasteiger partial charge in [0, 0.05) is 23.6 Å². The minimum Gasteiger partial charge on any atom is -0.343 e. The number of likely N-dealkylation sites (tertiary alicyclic amines) is 1. The number of rotatable bonds is 13. The van der Waals surface area contributed by atoms with Crippen LogP contribution in [0.1, 0.15) is 65.4 Å². The molecule has 1 aromatic carbocycles. The lowest BCUT2D eigenvalue weighted by Crippen LogP contribution is -2.59. The van der Waals surface area contributed by atoms with Crippen molar-refractivity contribution in [1.29, 1.82) is 0 Å². The third-order valence-corrected chi connectivity index (χ3v) is 8.04. The molecule has 2 atom stereocenters. The summed E-state index contributed by atoms with van der Waals surface area (Å²) in [5.41, 5.74) is 1.16. The van der Waals surface area contributed by atoms with E-state index in [1.54, 1.807) is 11.8 Å². The van der Waals surface area contributed by atoms with E-state index in [2.05, 4.69) is 24.4 Å². The Balaban J connectivity index is 2.22. The Hall–Kier alpha value is -2.06. The van der Waals surface area contributed by atoms with Crippen molar-refractivity contribution in [2.45, 2.75) is 76.3 Å². The zero-order valence-electron chi connectivity index (χ0n) is 21.0. The molecule has 0 aliphatic carbocycles. The molecule has 8 heteroatoms. The predicted molar refractivity (Wildman–Crippen MR) is 136 cm³/mol. The van der Waals surface area contributed by atoms with E-state index in [1.165, 1.54) is 0 Å². The Bertz CT molecular complexity index is 782. The molecule has 1 fully saturated rings. The van der Waals surface area contributed by atoms with Gasteiger partial charge in [-0.2, -0.15) is 0 Å². The number of nitrogens with one attached hydrogen (secondary N) is 1. The van der Waals surface area contributed by atoms with Crippen LogP contribution in [0, 0.1) is 11.8 Å². The summed E-state index contributed by atoms with van der Waals surface area (Å²) in [5, 5.41) is 13.3. The Morgan fingerprint density at radius 1 is 1.26 bits per heavy atom. The van der Waals surface area contributed by atoms with Gasteiger partial charge in [0.05, 0.1) is 12.5 Å². The van der Waals surface area contributed by atoms with Crippen LogP contribution in [0.5, 0.6) is 0 Å². The maximum Gasteiger partial charge on any atom is 0.246 e. The fourth-order valence-corrected chi connectivity index (χ4v) is 5.21. The second-order valence-corrected chi connectivity index (χ2v) is 11.5. The third kappa shape index (κ3) is 8.62. The summed E-state index contributed by atoms with van der Waals surface area (Å²) in [6, 6.07) is 9.36. The van der Waals surface area contributed by atoms with Crippen molar-refractivity contribution in [3.8, 4) is 0 Å². The third-order valence-electron chi connectivity index (χ3n) is 6.58. The van der Waals surface area contributed by atoms with Crippen LogP contribution in [0.15, 0.2) is 30.3 Å². The van der Waals surface area contributed by atoms with Crippen LogP contribution >= 0.6 is 11.8 Å². The lowest BCUT2D eigenvalue weighted by Gasteiger charge is -2.39. The largest absolute Gasteiger partial charge is 0.343 e. The van der Waals surface area contributed by atoms with Gasteiger partial charge in [-0.1, -0.05) is 57.0 Å². The molecule has 190 valence electrons. The average Bonchev–Trinajstić information content (AvgIpc) is 2.84. The summed E-state index contributed by atoms with van der Waals surface area (Å²) >= 11 is 1.64. The predicted octanol–water partition coefficient (Wildman–Crippen LogP) is 4.10. The van der Waals surface area contributed by atoms with Crippen molar-refractivity contribution in [2.75, 3.05) is 19.6 Å². The van der Waals surface area contributed by atoms with E-state index >= 15 is 0 Å². The Kier molecular flexibility index (Phi) is 11.4. The first-order valence-corrected chi connectivity index (χ1v) is 13.3. The van der Waals surface area contributed by atoms with E-state index in [0.717, 1.165) is 37.0 Å². The smallest absolute Gasteiger partial charge is 0.246 e. The van der Waals surface area contributed by atoms with E-state index < -0.39 is 16.7 Å². The monoisotopic (exact) mass is 491 g/mol. The first-order valence-electron chi connectivity index (χ1n) is 12.4. The van der Waals surface area contributed by atoms with Crippen LogP contribution in [0.4, 0.5) is 0 Å². The zero-order chi connectivity index (χ0) is 25.1. The highest BCUT2D eigenvalue weighted by molar-refractivity contribution is 7.99. The van der Waals surface area contributed by atoms with Gasteiger partial charge < -0.3 is 10.2 Å². The number of benzene rings is 1. The van der Waals surface area contributed by atoms with Crippen LogP contribution in [0.2, 0.25) is 0 Å². The van der Waals surface area contributed by atoms with Gasteiger partial charge in [0.2, 0.25) is 18.2 Å². The summed E-state index contributed by atoms with van der Waals surface area (Å²) in [6.45, 7) is 9.53. The number of nitrogens with zero attached hydrogens (tertiary/aromatic N) is 2. The maximum atomic E-state index is 13.7. The number of hydrogen-bond acceptors (Lipinski definition) is 5. The molecular weight excluding hydrogens is 450 g/mol. The lowest BCUT2D eigenvalue weighted by molar-refractivity contribution is -0.155. The number of thioether (sulfide) groups is 1. The molecule has 3 amide bonds. The van der Waals surface area contributed by atoms with Gasteiger partial charge in [0.25, 0.3) is 0 Å². The van der Waals surface area contributed by atoms with Gasteiger partial charge in [0.15, 0.2) is 0 Å². The van der Waals surface area contributed by atoms with Crippen molar-refractivity contribution < 1.29 is 19.6 Å². The van der Waals surface area contributed by atoms with Crippen molar-refractivity contribution in [2.24, 2.45) is 11.8 Å². The maximum absolute atomic E-state index is 13.7. The minimum atomic E-state index is -0.713. The molecule has 2 rings (SSSR count). The number of hydrogen-bond donors (Lipinski definition) is 2. The molecule has 0 saturated carbocycles. The Labute approximate surface area is 208 Å². The molecule has 0 aromatic heterocycles. The van der Waals surface area contributed by atoms with Crippen LogP contribution < -0.4 is 5.32 Å². The number of hydroxylamine groups is 2. The van der Waals surface area contributed by atoms with Crippen LogP contribution in [0.25, 0.3) is 0 Å². The van der Waals surface area contributed by atoms with Crippen molar-refractivity contribution >= 4 is 30.0 Å². The molecule has 1 unspecified atom stereocenters. The fraction of sp³-hybridized carbons (Fsp3) is 0.654. The Morgan fingerprint density at radius 3 is 2.50 bits per heavy atom. The van der Waals surface area contributed by atoms with Gasteiger partial charge in [0.1, 0.15) is 6.04 Å². The molecule has 1 aliphatic heterocycles. The second-order valence-electron chi connectivity index (χ2n) is 9.89. The average molecular weight is 492 g/mol. The van der Waals surface area contributed by atoms with Gasteiger partial charge in [-0.05, 0) is 44.6 Å². The minimum absolute atomic E-state index is 0.0590. The summed E-state index contributed by atoms with van der Waals surface area (Å²) in [7, 11) is 0. The topological polar surface area (TPSA) is 90.0 Å². The molecule has 1 aliphatic rings. The number of unbranched alkanes of at least 4 members (excludes halogenated alkanes) is 1. The second kappa shape index (κ2) is 13.7. The van der Waals surface area contributed by atoms with E-state index in [4.69, 9.17) is 0 Å². The van der Waals surface area contributed by atoms with Gasteiger partial charge >= 0.3 is 0 Å². The lowest BCUT2D eigenvalue weighted by atomic mass is 9.95. The summed E-state index contributed by atoms with van der Waals surface area (Å²) in [4.78, 5) is 39.9. The number of amides is 3. The molecule has 34 heavy (non-hydrogen) atoms. The van der Waals surface area contributed by atoms with Crippen LogP contribution in [0.3, 0.4) is 0 Å². The summed E-state index contributed by atoms with van der Waals surface area (Å²) in [6.07, 6.45) is 4.45. The van der Waals surface area contributed by atoms with Crippen LogP contribution in [-0.2, 0) is 20.1 Å². The molecule has 7 nitrogen and oxygen atoms in total. The molecule has 1 heterocycles. The van der Waals surface area contributed by atoms with Crippen molar-refractivity contribution in [1.82, 2.24) is 15.3 Å². The van der Waals surface area contributed by atoms with Crippen molar-refractivity contribution in [3.05, 3.63) is 35.9 Å². The summed E-state index contributed by atoms with van der Waals surface area (Å²) < 4.78 is -0.565.